The molecule has 1 aromatic heterocycles. The van der Waals surface area contributed by atoms with Crippen molar-refractivity contribution < 1.29 is 9.47 Å². The molecule has 0 spiro atoms. The fourth-order valence-electron chi connectivity index (χ4n) is 3.67. The van der Waals surface area contributed by atoms with E-state index in [9.17, 15) is 0 Å². The van der Waals surface area contributed by atoms with Crippen LogP contribution in [-0.2, 0) is 16.0 Å². The lowest BCUT2D eigenvalue weighted by atomic mass is 9.94. The minimum absolute atomic E-state index is 0. The predicted molar refractivity (Wildman–Crippen MR) is 131 cm³/mol. The van der Waals surface area contributed by atoms with Gasteiger partial charge in [-0.3, -0.25) is 0 Å². The van der Waals surface area contributed by atoms with Crippen LogP contribution in [0.15, 0.2) is 35.3 Å². The van der Waals surface area contributed by atoms with Gasteiger partial charge in [-0.25, -0.2) is 9.67 Å². The standard InChI is InChI=1S/C22H33N5O2.HI/c1-5-23-21(25-16-22(28-4)10-12-29-13-11-22)24-15-19-8-6-7-9-20(19)27-18(3)14-17(2)26-27;/h6-9,14H,5,10-13,15-16H2,1-4H3,(H2,23,24,25);1H. The van der Waals surface area contributed by atoms with E-state index in [-0.39, 0.29) is 29.6 Å². The van der Waals surface area contributed by atoms with Crippen molar-refractivity contribution in [3.63, 3.8) is 0 Å². The second-order valence-corrected chi connectivity index (χ2v) is 7.52. The van der Waals surface area contributed by atoms with Crippen molar-refractivity contribution in [2.45, 2.75) is 45.8 Å². The highest BCUT2D eigenvalue weighted by molar-refractivity contribution is 14.0. The molecule has 1 aromatic carbocycles. The molecule has 0 saturated carbocycles. The number of hydrogen-bond acceptors (Lipinski definition) is 4. The van der Waals surface area contributed by atoms with E-state index in [1.807, 2.05) is 23.7 Å². The normalized spacial score (nSPS) is 16.1. The number of methoxy groups -OCH3 is 1. The molecule has 166 valence electrons. The summed E-state index contributed by atoms with van der Waals surface area (Å²) in [6.07, 6.45) is 1.77. The van der Waals surface area contributed by atoms with Crippen LogP contribution in [0.5, 0.6) is 0 Å². The summed E-state index contributed by atoms with van der Waals surface area (Å²) in [5, 5.41) is 11.4. The van der Waals surface area contributed by atoms with Crippen molar-refractivity contribution in [3.8, 4) is 5.69 Å². The topological polar surface area (TPSA) is 72.7 Å². The third kappa shape index (κ3) is 6.18. The number of hydrogen-bond donors (Lipinski definition) is 2. The number of para-hydroxylation sites is 1. The molecule has 0 aliphatic carbocycles. The van der Waals surface area contributed by atoms with Crippen LogP contribution in [0.2, 0.25) is 0 Å². The van der Waals surface area contributed by atoms with E-state index in [1.54, 1.807) is 7.11 Å². The molecule has 7 nitrogen and oxygen atoms in total. The molecule has 1 aliphatic rings. The number of aromatic nitrogens is 2. The van der Waals surface area contributed by atoms with E-state index in [4.69, 9.17) is 14.5 Å². The SMILES string of the molecule is CCNC(=NCc1ccccc1-n1nc(C)cc1C)NCC1(OC)CCOCC1.I. The predicted octanol–water partition coefficient (Wildman–Crippen LogP) is 3.36. The molecule has 0 unspecified atom stereocenters. The average molecular weight is 527 g/mol. The number of nitrogens with one attached hydrogen (secondary N) is 2. The molecule has 1 saturated heterocycles. The molecule has 0 amide bonds. The number of guanidine groups is 1. The first-order chi connectivity index (χ1) is 14.1. The van der Waals surface area contributed by atoms with Gasteiger partial charge >= 0.3 is 0 Å². The van der Waals surface area contributed by atoms with Crippen LogP contribution < -0.4 is 10.6 Å². The number of benzene rings is 1. The van der Waals surface area contributed by atoms with E-state index >= 15 is 0 Å². The first-order valence-corrected chi connectivity index (χ1v) is 10.3. The molecule has 8 heteroatoms. The maximum atomic E-state index is 5.83. The highest BCUT2D eigenvalue weighted by Gasteiger charge is 2.32. The van der Waals surface area contributed by atoms with Gasteiger partial charge in [-0.2, -0.15) is 5.10 Å². The minimum Gasteiger partial charge on any atom is -0.381 e. The number of aryl methyl sites for hydroxylation is 2. The number of nitrogens with zero attached hydrogens (tertiary/aromatic N) is 3. The Labute approximate surface area is 196 Å². The molecule has 2 aromatic rings. The first-order valence-electron chi connectivity index (χ1n) is 10.3. The molecule has 0 bridgehead atoms. The molecule has 30 heavy (non-hydrogen) atoms. The molecule has 0 radical (unpaired) electrons. The number of ether oxygens (including phenoxy) is 2. The fourth-order valence-corrected chi connectivity index (χ4v) is 3.67. The lowest BCUT2D eigenvalue weighted by Gasteiger charge is -2.36. The molecule has 3 rings (SSSR count). The van der Waals surface area contributed by atoms with Gasteiger partial charge < -0.3 is 20.1 Å². The van der Waals surface area contributed by atoms with Crippen LogP contribution in [0.25, 0.3) is 5.69 Å². The van der Waals surface area contributed by atoms with Crippen LogP contribution in [0.4, 0.5) is 0 Å². The summed E-state index contributed by atoms with van der Waals surface area (Å²) in [6.45, 7) is 9.70. The van der Waals surface area contributed by atoms with E-state index in [2.05, 4.69) is 47.8 Å². The summed E-state index contributed by atoms with van der Waals surface area (Å²) in [6, 6.07) is 10.4. The average Bonchev–Trinajstić information content (AvgIpc) is 3.08. The fraction of sp³-hybridized carbons (Fsp3) is 0.545. The van der Waals surface area contributed by atoms with Crippen molar-refractivity contribution in [1.82, 2.24) is 20.4 Å². The Kier molecular flexibility index (Phi) is 9.57. The van der Waals surface area contributed by atoms with Crippen LogP contribution in [0, 0.1) is 13.8 Å². The van der Waals surface area contributed by atoms with E-state index < -0.39 is 0 Å². The monoisotopic (exact) mass is 527 g/mol. The summed E-state index contributed by atoms with van der Waals surface area (Å²) in [5.74, 6) is 0.790. The van der Waals surface area contributed by atoms with E-state index in [0.29, 0.717) is 13.1 Å². The quantitative estimate of drug-likeness (QED) is 0.328. The van der Waals surface area contributed by atoms with Gasteiger partial charge in [0, 0.05) is 51.9 Å². The van der Waals surface area contributed by atoms with Crippen LogP contribution >= 0.6 is 24.0 Å². The maximum Gasteiger partial charge on any atom is 0.191 e. The molecule has 2 N–H and O–H groups in total. The van der Waals surface area contributed by atoms with Gasteiger partial charge in [0.15, 0.2) is 5.96 Å². The Balaban J connectivity index is 0.00000320. The Morgan fingerprint density at radius 1 is 1.23 bits per heavy atom. The second kappa shape index (κ2) is 11.7. The van der Waals surface area contributed by atoms with Gasteiger partial charge in [0.25, 0.3) is 0 Å². The minimum atomic E-state index is -0.198. The number of halogens is 1. The van der Waals surface area contributed by atoms with Crippen LogP contribution in [-0.4, -0.2) is 54.8 Å². The third-order valence-electron chi connectivity index (χ3n) is 5.40. The van der Waals surface area contributed by atoms with Gasteiger partial charge in [-0.05, 0) is 38.5 Å². The van der Waals surface area contributed by atoms with E-state index in [1.165, 1.54) is 0 Å². The van der Waals surface area contributed by atoms with Crippen molar-refractivity contribution in [2.75, 3.05) is 33.4 Å². The lowest BCUT2D eigenvalue weighted by Crippen LogP contribution is -2.50. The van der Waals surface area contributed by atoms with Crippen molar-refractivity contribution in [3.05, 3.63) is 47.3 Å². The molecule has 1 aliphatic heterocycles. The summed E-state index contributed by atoms with van der Waals surface area (Å²) in [7, 11) is 1.78. The van der Waals surface area contributed by atoms with Gasteiger partial charge in [0.05, 0.1) is 23.5 Å². The number of rotatable bonds is 7. The molecule has 2 heterocycles. The van der Waals surface area contributed by atoms with Crippen LogP contribution in [0.1, 0.15) is 36.7 Å². The van der Waals surface area contributed by atoms with Crippen molar-refractivity contribution >= 4 is 29.9 Å². The summed E-state index contributed by atoms with van der Waals surface area (Å²) in [5.41, 5.74) is 4.12. The molecule has 1 fully saturated rings. The molecule has 0 atom stereocenters. The number of aliphatic imine (C=N–C) groups is 1. The van der Waals surface area contributed by atoms with Crippen molar-refractivity contribution in [2.24, 2.45) is 4.99 Å². The van der Waals surface area contributed by atoms with Crippen molar-refractivity contribution in [1.29, 1.82) is 0 Å². The maximum absolute atomic E-state index is 5.83. The van der Waals surface area contributed by atoms with Crippen LogP contribution in [0.3, 0.4) is 0 Å². The smallest absolute Gasteiger partial charge is 0.191 e. The highest BCUT2D eigenvalue weighted by Crippen LogP contribution is 2.23. The Morgan fingerprint density at radius 2 is 1.97 bits per heavy atom. The van der Waals surface area contributed by atoms with E-state index in [0.717, 1.165) is 61.2 Å². The zero-order valence-corrected chi connectivity index (χ0v) is 20.7. The third-order valence-corrected chi connectivity index (χ3v) is 5.40. The zero-order chi connectivity index (χ0) is 20.7. The summed E-state index contributed by atoms with van der Waals surface area (Å²) >= 11 is 0. The van der Waals surface area contributed by atoms with Gasteiger partial charge in [0.1, 0.15) is 0 Å². The van der Waals surface area contributed by atoms with Gasteiger partial charge in [-0.1, -0.05) is 18.2 Å². The van der Waals surface area contributed by atoms with Gasteiger partial charge in [-0.15, -0.1) is 24.0 Å². The lowest BCUT2D eigenvalue weighted by molar-refractivity contribution is -0.0855. The Bertz CT molecular complexity index is 831. The Hall–Kier alpha value is -1.65. The van der Waals surface area contributed by atoms with Gasteiger partial charge in [0.2, 0.25) is 0 Å². The Morgan fingerprint density at radius 3 is 2.60 bits per heavy atom. The first kappa shape index (κ1) is 24.6. The molecular weight excluding hydrogens is 493 g/mol. The highest BCUT2D eigenvalue weighted by atomic mass is 127. The second-order valence-electron chi connectivity index (χ2n) is 7.52. The zero-order valence-electron chi connectivity index (χ0n) is 18.4. The summed E-state index contributed by atoms with van der Waals surface area (Å²) < 4.78 is 13.3. The summed E-state index contributed by atoms with van der Waals surface area (Å²) in [4.78, 5) is 4.82. The molecular formula is C22H34IN5O2. The largest absolute Gasteiger partial charge is 0.381 e.